The Morgan fingerprint density at radius 1 is 0.927 bits per heavy atom. The van der Waals surface area contributed by atoms with Crippen molar-refractivity contribution in [2.45, 2.75) is 32.9 Å². The first-order valence-electron chi connectivity index (χ1n) is 13.0. The molecule has 0 saturated carbocycles. The summed E-state index contributed by atoms with van der Waals surface area (Å²) < 4.78 is 39.3. The fraction of sp³-hybridized carbons (Fsp3) is 0.167. The number of aromatic nitrogens is 6. The number of anilines is 1. The van der Waals surface area contributed by atoms with Gasteiger partial charge >= 0.3 is 0 Å². The van der Waals surface area contributed by atoms with Crippen LogP contribution in [-0.2, 0) is 0 Å². The van der Waals surface area contributed by atoms with Crippen LogP contribution in [0.25, 0.3) is 38.9 Å². The predicted molar refractivity (Wildman–Crippen MR) is 152 cm³/mol. The maximum Gasteiger partial charge on any atom is 0.266 e. The van der Waals surface area contributed by atoms with E-state index in [1.165, 1.54) is 15.6 Å². The van der Waals surface area contributed by atoms with Gasteiger partial charge in [0.05, 0.1) is 33.6 Å². The van der Waals surface area contributed by atoms with Crippen molar-refractivity contribution >= 4 is 27.8 Å². The van der Waals surface area contributed by atoms with E-state index in [0.29, 0.717) is 22.4 Å². The van der Waals surface area contributed by atoms with Crippen molar-refractivity contribution in [2.24, 2.45) is 0 Å². The molecule has 9 nitrogen and oxygen atoms in total. The number of fused-ring (bicyclic) bond motifs is 2. The van der Waals surface area contributed by atoms with Gasteiger partial charge < -0.3 is 10.5 Å². The summed E-state index contributed by atoms with van der Waals surface area (Å²) >= 11 is 0. The lowest BCUT2D eigenvalue weighted by Crippen LogP contribution is -2.27. The zero-order valence-electron chi connectivity index (χ0n) is 22.4. The van der Waals surface area contributed by atoms with Gasteiger partial charge in [-0.15, -0.1) is 0 Å². The topological polar surface area (TPSA) is 114 Å². The minimum Gasteiger partial charge on any atom is -0.491 e. The van der Waals surface area contributed by atoms with E-state index < -0.39 is 23.2 Å². The lowest BCUT2D eigenvalue weighted by atomic mass is 10.1. The molecule has 2 N–H and O–H groups in total. The molecule has 1 unspecified atom stereocenters. The average molecular weight is 554 g/mol. The van der Waals surface area contributed by atoms with Gasteiger partial charge in [0.2, 0.25) is 0 Å². The summed E-state index contributed by atoms with van der Waals surface area (Å²) in [7, 11) is 0. The molecular weight excluding hydrogens is 528 g/mol. The highest BCUT2D eigenvalue weighted by Crippen LogP contribution is 2.37. The van der Waals surface area contributed by atoms with Crippen LogP contribution in [0.5, 0.6) is 5.75 Å². The highest BCUT2D eigenvalue weighted by molar-refractivity contribution is 5.98. The highest BCUT2D eigenvalue weighted by Gasteiger charge is 2.28. The number of nitrogen functional groups attached to an aromatic ring is 1. The Hall–Kier alpha value is -5.19. The Kier molecular flexibility index (Phi) is 6.41. The number of nitrogens with two attached hydrogens (primary N) is 1. The second-order valence-corrected chi connectivity index (χ2v) is 9.82. The molecule has 0 fully saturated rings. The van der Waals surface area contributed by atoms with E-state index in [-0.39, 0.29) is 40.0 Å². The molecule has 0 aliphatic heterocycles. The molecule has 0 radical (unpaired) electrons. The van der Waals surface area contributed by atoms with Gasteiger partial charge in [-0.1, -0.05) is 30.3 Å². The zero-order valence-corrected chi connectivity index (χ0v) is 22.4. The number of benzene rings is 3. The first-order valence-corrected chi connectivity index (χ1v) is 13.0. The second-order valence-electron chi connectivity index (χ2n) is 9.82. The maximum atomic E-state index is 15.4. The van der Waals surface area contributed by atoms with Crippen LogP contribution in [0.4, 0.5) is 14.6 Å². The van der Waals surface area contributed by atoms with Crippen molar-refractivity contribution < 1.29 is 13.5 Å². The summed E-state index contributed by atoms with van der Waals surface area (Å²) in [5, 5.41) is 5.22. The first kappa shape index (κ1) is 26.1. The van der Waals surface area contributed by atoms with Crippen LogP contribution in [0.1, 0.15) is 32.6 Å². The van der Waals surface area contributed by atoms with Gasteiger partial charge in [-0.05, 0) is 45.0 Å². The van der Waals surface area contributed by atoms with Crippen LogP contribution in [-0.4, -0.2) is 35.4 Å². The van der Waals surface area contributed by atoms with E-state index in [1.54, 1.807) is 57.2 Å². The van der Waals surface area contributed by atoms with Crippen molar-refractivity contribution in [1.82, 2.24) is 29.3 Å². The molecule has 1 atom stereocenters. The number of hydrogen-bond donors (Lipinski definition) is 1. The summed E-state index contributed by atoms with van der Waals surface area (Å²) in [4.78, 5) is 27.0. The Balaban J connectivity index is 1.61. The molecule has 11 heteroatoms. The maximum absolute atomic E-state index is 15.4. The number of rotatable bonds is 6. The highest BCUT2D eigenvalue weighted by atomic mass is 19.1. The minimum atomic E-state index is -0.881. The molecule has 0 spiro atoms. The van der Waals surface area contributed by atoms with Crippen LogP contribution >= 0.6 is 0 Å². The van der Waals surface area contributed by atoms with Crippen molar-refractivity contribution in [1.29, 1.82) is 0 Å². The van der Waals surface area contributed by atoms with Gasteiger partial charge in [-0.2, -0.15) is 5.10 Å². The molecule has 6 aromatic rings. The molecule has 41 heavy (non-hydrogen) atoms. The Morgan fingerprint density at radius 2 is 1.61 bits per heavy atom. The molecule has 3 aromatic carbocycles. The van der Waals surface area contributed by atoms with E-state index in [9.17, 15) is 4.79 Å². The lowest BCUT2D eigenvalue weighted by Gasteiger charge is -2.19. The lowest BCUT2D eigenvalue weighted by molar-refractivity contribution is 0.240. The molecular formula is C30H25F2N7O2. The van der Waals surface area contributed by atoms with Crippen LogP contribution in [0.2, 0.25) is 0 Å². The predicted octanol–water partition coefficient (Wildman–Crippen LogP) is 5.45. The van der Waals surface area contributed by atoms with Gasteiger partial charge in [0.25, 0.3) is 5.56 Å². The summed E-state index contributed by atoms with van der Waals surface area (Å²) in [5.74, 6) is -1.38. The normalized spacial score (nSPS) is 12.3. The van der Waals surface area contributed by atoms with Gasteiger partial charge in [0, 0.05) is 12.1 Å². The number of para-hydroxylation sites is 2. The number of hydrogen-bond acceptors (Lipinski definition) is 7. The van der Waals surface area contributed by atoms with Crippen molar-refractivity contribution in [3.05, 3.63) is 101 Å². The number of ether oxygens (including phenoxy) is 1. The van der Waals surface area contributed by atoms with Gasteiger partial charge in [-0.3, -0.25) is 9.36 Å². The third-order valence-electron chi connectivity index (χ3n) is 6.70. The summed E-state index contributed by atoms with van der Waals surface area (Å²) in [6.45, 7) is 5.29. The van der Waals surface area contributed by atoms with Crippen LogP contribution in [0.15, 0.2) is 77.9 Å². The van der Waals surface area contributed by atoms with Crippen LogP contribution in [0.3, 0.4) is 0 Å². The smallest absolute Gasteiger partial charge is 0.266 e. The molecule has 0 saturated heterocycles. The summed E-state index contributed by atoms with van der Waals surface area (Å²) in [5.41, 5.74) is 6.79. The quantitative estimate of drug-likeness (QED) is 0.292. The standard InChI is InChI=1S/C30H25F2N7O2/c1-16(2)41-19-13-21(31)24(22(32)14-19)26-25-27(33)34-15-35-29(25)39(37-26)17(3)28-36-23-12-8-7-11-20(23)30(40)38(28)18-9-5-4-6-10-18/h4-17H,1-3H3,(H2,33,34,35). The van der Waals surface area contributed by atoms with Crippen LogP contribution < -0.4 is 16.0 Å². The van der Waals surface area contributed by atoms with Gasteiger partial charge in [0.1, 0.15) is 47.1 Å². The largest absolute Gasteiger partial charge is 0.491 e. The van der Waals surface area contributed by atoms with E-state index in [0.717, 1.165) is 12.1 Å². The van der Waals surface area contributed by atoms with Gasteiger partial charge in [0.15, 0.2) is 5.65 Å². The molecule has 3 heterocycles. The van der Waals surface area contributed by atoms with Crippen LogP contribution in [0, 0.1) is 11.6 Å². The average Bonchev–Trinajstić information content (AvgIpc) is 3.33. The molecule has 206 valence electrons. The van der Waals surface area contributed by atoms with Crippen molar-refractivity contribution in [3.63, 3.8) is 0 Å². The third-order valence-corrected chi connectivity index (χ3v) is 6.70. The Bertz CT molecular complexity index is 1960. The Morgan fingerprint density at radius 3 is 2.32 bits per heavy atom. The summed E-state index contributed by atoms with van der Waals surface area (Å²) in [6, 6.07) is 17.6. The summed E-state index contributed by atoms with van der Waals surface area (Å²) in [6.07, 6.45) is 0.970. The molecule has 6 rings (SSSR count). The third kappa shape index (κ3) is 4.45. The van der Waals surface area contributed by atoms with Gasteiger partial charge in [-0.25, -0.2) is 28.4 Å². The van der Waals surface area contributed by atoms with E-state index in [1.807, 2.05) is 18.2 Å². The Labute approximate surface area is 232 Å². The molecule has 0 bridgehead atoms. The van der Waals surface area contributed by atoms with Crippen molar-refractivity contribution in [2.75, 3.05) is 5.73 Å². The monoisotopic (exact) mass is 553 g/mol. The van der Waals surface area contributed by atoms with E-state index in [2.05, 4.69) is 15.1 Å². The molecule has 0 aliphatic rings. The van der Waals surface area contributed by atoms with E-state index in [4.69, 9.17) is 15.5 Å². The number of halogens is 2. The molecule has 0 aliphatic carbocycles. The fourth-order valence-electron chi connectivity index (χ4n) is 4.92. The first-order chi connectivity index (χ1) is 19.7. The minimum absolute atomic E-state index is 0.00308. The number of nitrogens with zero attached hydrogens (tertiary/aromatic N) is 6. The second kappa shape index (κ2) is 10.1. The zero-order chi connectivity index (χ0) is 28.8. The fourth-order valence-corrected chi connectivity index (χ4v) is 4.92. The van der Waals surface area contributed by atoms with E-state index >= 15 is 8.78 Å². The molecule has 0 amide bonds. The SMILES string of the molecule is CC(C)Oc1cc(F)c(-c2nn(C(C)c3nc4ccccc4c(=O)n3-c3ccccc3)c3ncnc(N)c23)c(F)c1. The molecule has 3 aromatic heterocycles. The van der Waals surface area contributed by atoms with Crippen molar-refractivity contribution in [3.8, 4) is 22.7 Å².